The zero-order valence-electron chi connectivity index (χ0n) is 20.5. The lowest BCUT2D eigenvalue weighted by atomic mass is 9.89. The van der Waals surface area contributed by atoms with Gasteiger partial charge >= 0.3 is 0 Å². The molecule has 0 unspecified atom stereocenters. The van der Waals surface area contributed by atoms with E-state index in [0.29, 0.717) is 50.2 Å². The number of halogens is 2. The maximum absolute atomic E-state index is 14.5. The number of nitrogens with zero attached hydrogens (tertiary/aromatic N) is 3. The number of hydrogen-bond donors (Lipinski definition) is 3. The Hall–Kier alpha value is -3.34. The van der Waals surface area contributed by atoms with Gasteiger partial charge in [0.05, 0.1) is 18.3 Å². The molecular weight excluding hydrogens is 569 g/mol. The third-order valence-corrected chi connectivity index (χ3v) is 7.80. The van der Waals surface area contributed by atoms with E-state index < -0.39 is 5.82 Å². The number of H-pyrrole nitrogens is 1. The van der Waals surface area contributed by atoms with Crippen LogP contribution in [0.25, 0.3) is 21.8 Å². The van der Waals surface area contributed by atoms with Gasteiger partial charge in [0.15, 0.2) is 11.5 Å². The van der Waals surface area contributed by atoms with Crippen LogP contribution in [0.2, 0.25) is 0 Å². The van der Waals surface area contributed by atoms with Crippen molar-refractivity contribution in [3.05, 3.63) is 76.8 Å². The monoisotopic (exact) mass is 593 g/mol. The van der Waals surface area contributed by atoms with Gasteiger partial charge in [-0.25, -0.2) is 14.4 Å². The molecule has 7 nitrogen and oxygen atoms in total. The molecule has 5 aromatic rings. The van der Waals surface area contributed by atoms with Crippen LogP contribution in [0.1, 0.15) is 24.3 Å². The molecule has 6 rings (SSSR count). The molecule has 0 atom stereocenters. The molecule has 1 fully saturated rings. The van der Waals surface area contributed by atoms with Gasteiger partial charge < -0.3 is 19.8 Å². The Balaban J connectivity index is 1.40. The fourth-order valence-corrected chi connectivity index (χ4v) is 5.57. The van der Waals surface area contributed by atoms with E-state index in [9.17, 15) is 4.39 Å². The second-order valence-corrected chi connectivity index (χ2v) is 10.7. The molecule has 1 saturated heterocycles. The van der Waals surface area contributed by atoms with Crippen molar-refractivity contribution in [3.8, 4) is 17.4 Å². The molecule has 194 valence electrons. The second-order valence-electron chi connectivity index (χ2n) is 9.24. The molecular formula is C28H25BrFN5O2S. The number of fused-ring (bicyclic) bond motifs is 2. The largest absolute Gasteiger partial charge is 0.493 e. The molecule has 0 radical (unpaired) electrons. The number of aromatic nitrogens is 3. The highest BCUT2D eigenvalue weighted by Gasteiger charge is 2.27. The zero-order chi connectivity index (χ0) is 26.2. The summed E-state index contributed by atoms with van der Waals surface area (Å²) in [4.78, 5) is 12.3. The highest BCUT2D eigenvalue weighted by atomic mass is 79.9. The molecule has 3 aromatic carbocycles. The minimum absolute atomic E-state index is 0.308. The number of rotatable bonds is 6. The van der Waals surface area contributed by atoms with Crippen LogP contribution in [-0.4, -0.2) is 39.5 Å². The van der Waals surface area contributed by atoms with E-state index in [1.165, 1.54) is 18.0 Å². The summed E-state index contributed by atoms with van der Waals surface area (Å²) >= 11 is 7.81. The van der Waals surface area contributed by atoms with Crippen LogP contribution in [0.5, 0.6) is 17.4 Å². The molecule has 2 N–H and O–H groups in total. The van der Waals surface area contributed by atoms with Crippen molar-refractivity contribution in [1.29, 1.82) is 0 Å². The SMILES string of the molecule is COc1cc2c(Nc3ccc(Br)cc3F)ncnc2cc1Oc1[nH]c2ccccc2c1C1CCN(S)CC1. The zero-order valence-corrected chi connectivity index (χ0v) is 23.0. The summed E-state index contributed by atoms with van der Waals surface area (Å²) in [6, 6.07) is 16.7. The van der Waals surface area contributed by atoms with E-state index in [1.807, 2.05) is 24.3 Å². The van der Waals surface area contributed by atoms with Gasteiger partial charge in [0.1, 0.15) is 18.0 Å². The predicted molar refractivity (Wildman–Crippen MR) is 154 cm³/mol. The molecule has 38 heavy (non-hydrogen) atoms. The number of para-hydroxylation sites is 1. The van der Waals surface area contributed by atoms with Crippen molar-refractivity contribution >= 4 is 62.1 Å². The van der Waals surface area contributed by atoms with Gasteiger partial charge in [0, 0.05) is 45.5 Å². The van der Waals surface area contributed by atoms with Crippen LogP contribution in [0.3, 0.4) is 0 Å². The van der Waals surface area contributed by atoms with Gasteiger partial charge in [-0.2, -0.15) is 0 Å². The number of methoxy groups -OCH3 is 1. The van der Waals surface area contributed by atoms with Crippen LogP contribution in [0, 0.1) is 5.82 Å². The third-order valence-electron chi connectivity index (χ3n) is 6.91. The molecule has 1 aliphatic heterocycles. The Labute approximate surface area is 233 Å². The standard InChI is InChI=1S/C28H25BrFN5O2S/c1-36-24-13-19-23(31-15-32-27(19)33-22-7-6-17(29)12-20(22)30)14-25(24)37-28-26(16-8-10-35(38)11-9-16)18-4-2-3-5-21(18)34-28/h2-7,12-16,34,38H,8-11H2,1H3,(H,31,32,33). The van der Waals surface area contributed by atoms with Gasteiger partial charge in [0.2, 0.25) is 5.88 Å². The molecule has 0 saturated carbocycles. The van der Waals surface area contributed by atoms with Crippen molar-refractivity contribution in [2.75, 3.05) is 25.5 Å². The van der Waals surface area contributed by atoms with Gasteiger partial charge in [-0.1, -0.05) is 46.9 Å². The number of nitrogens with one attached hydrogen (secondary N) is 2. The average Bonchev–Trinajstić information content (AvgIpc) is 3.28. The first-order valence-electron chi connectivity index (χ1n) is 12.3. The first-order valence-corrected chi connectivity index (χ1v) is 13.5. The lowest BCUT2D eigenvalue weighted by Gasteiger charge is -2.28. The first kappa shape index (κ1) is 25.0. The average molecular weight is 595 g/mol. The predicted octanol–water partition coefficient (Wildman–Crippen LogP) is 7.58. The van der Waals surface area contributed by atoms with Crippen LogP contribution in [-0.2, 0) is 0 Å². The number of benzene rings is 3. The van der Waals surface area contributed by atoms with Crippen molar-refractivity contribution in [2.24, 2.45) is 0 Å². The number of piperidine rings is 1. The van der Waals surface area contributed by atoms with E-state index >= 15 is 0 Å². The van der Waals surface area contributed by atoms with Crippen molar-refractivity contribution in [3.63, 3.8) is 0 Å². The maximum atomic E-state index is 14.5. The maximum Gasteiger partial charge on any atom is 0.202 e. The summed E-state index contributed by atoms with van der Waals surface area (Å²) in [5, 5.41) is 4.91. The highest BCUT2D eigenvalue weighted by molar-refractivity contribution is 9.10. The number of thiol groups is 1. The van der Waals surface area contributed by atoms with Crippen LogP contribution in [0.15, 0.2) is 65.4 Å². The molecule has 0 aliphatic carbocycles. The van der Waals surface area contributed by atoms with Crippen LogP contribution >= 0.6 is 28.7 Å². The second kappa shape index (κ2) is 10.4. The summed E-state index contributed by atoms with van der Waals surface area (Å²) in [5.74, 6) is 2.15. The third kappa shape index (κ3) is 4.79. The summed E-state index contributed by atoms with van der Waals surface area (Å²) < 4.78 is 29.5. The minimum Gasteiger partial charge on any atom is -0.493 e. The van der Waals surface area contributed by atoms with Gasteiger partial charge in [-0.3, -0.25) is 4.31 Å². The smallest absolute Gasteiger partial charge is 0.202 e. The lowest BCUT2D eigenvalue weighted by Crippen LogP contribution is -2.25. The summed E-state index contributed by atoms with van der Waals surface area (Å²) in [6.45, 7) is 1.83. The van der Waals surface area contributed by atoms with E-state index in [0.717, 1.165) is 36.8 Å². The molecule has 3 heterocycles. The van der Waals surface area contributed by atoms with E-state index in [1.54, 1.807) is 19.2 Å². The van der Waals surface area contributed by atoms with Crippen molar-refractivity contribution in [2.45, 2.75) is 18.8 Å². The van der Waals surface area contributed by atoms with E-state index in [-0.39, 0.29) is 0 Å². The fourth-order valence-electron chi connectivity index (χ4n) is 5.01. The number of aromatic amines is 1. The quantitative estimate of drug-likeness (QED) is 0.176. The molecule has 0 amide bonds. The Morgan fingerprint density at radius 1 is 1.05 bits per heavy atom. The Morgan fingerprint density at radius 2 is 1.87 bits per heavy atom. The number of ether oxygens (including phenoxy) is 2. The van der Waals surface area contributed by atoms with Crippen LogP contribution < -0.4 is 14.8 Å². The molecule has 0 spiro atoms. The minimum atomic E-state index is -0.395. The van der Waals surface area contributed by atoms with Crippen molar-refractivity contribution < 1.29 is 13.9 Å². The van der Waals surface area contributed by atoms with Crippen LogP contribution in [0.4, 0.5) is 15.9 Å². The van der Waals surface area contributed by atoms with Gasteiger partial charge in [-0.05, 0) is 49.1 Å². The number of hydrogen-bond acceptors (Lipinski definition) is 7. The first-order chi connectivity index (χ1) is 18.5. The Morgan fingerprint density at radius 3 is 2.66 bits per heavy atom. The molecule has 0 bridgehead atoms. The van der Waals surface area contributed by atoms with Crippen molar-refractivity contribution in [1.82, 2.24) is 19.3 Å². The van der Waals surface area contributed by atoms with Gasteiger partial charge in [0.25, 0.3) is 0 Å². The van der Waals surface area contributed by atoms with E-state index in [2.05, 4.69) is 65.5 Å². The summed E-state index contributed by atoms with van der Waals surface area (Å²) in [7, 11) is 1.59. The van der Waals surface area contributed by atoms with Gasteiger partial charge in [-0.15, -0.1) is 0 Å². The fraction of sp³-hybridized carbons (Fsp3) is 0.214. The highest BCUT2D eigenvalue weighted by Crippen LogP contribution is 2.44. The van der Waals surface area contributed by atoms with E-state index in [4.69, 9.17) is 9.47 Å². The Bertz CT molecular complexity index is 1640. The molecule has 10 heteroatoms. The molecule has 1 aliphatic rings. The lowest BCUT2D eigenvalue weighted by molar-refractivity contribution is 0.340. The summed E-state index contributed by atoms with van der Waals surface area (Å²) in [6.07, 6.45) is 3.42. The molecule has 2 aromatic heterocycles. The Kier molecular flexibility index (Phi) is 6.86. The topological polar surface area (TPSA) is 75.3 Å². The number of anilines is 2. The summed E-state index contributed by atoms with van der Waals surface area (Å²) in [5.41, 5.74) is 3.13. The normalized spacial score (nSPS) is 14.7.